The van der Waals surface area contributed by atoms with E-state index in [1.807, 2.05) is 77.3 Å². The summed E-state index contributed by atoms with van der Waals surface area (Å²) in [7, 11) is 0. The molecule has 0 bridgehead atoms. The number of aryl methyl sites for hydroxylation is 1. The molecule has 2 aromatic heterocycles. The van der Waals surface area contributed by atoms with Crippen LogP contribution in [0.5, 0.6) is 0 Å². The van der Waals surface area contributed by atoms with Crippen molar-refractivity contribution in [1.82, 2.24) is 0 Å². The second-order valence-electron chi connectivity index (χ2n) is 10.7. The number of thiophene rings is 2. The molecule has 0 spiro atoms. The van der Waals surface area contributed by atoms with Gasteiger partial charge >= 0.3 is 34.4 Å². The second-order valence-corrected chi connectivity index (χ2v) is 14.9. The molecule has 0 fully saturated rings. The quantitative estimate of drug-likeness (QED) is 0.189. The molecule has 44 heavy (non-hydrogen) atoms. The second kappa shape index (κ2) is 14.9. The summed E-state index contributed by atoms with van der Waals surface area (Å²) in [5.41, 5.74) is 3.86. The van der Waals surface area contributed by atoms with Crippen molar-refractivity contribution in [2.75, 3.05) is 0 Å². The van der Waals surface area contributed by atoms with Gasteiger partial charge in [-0.05, 0) is 54.5 Å². The maximum absolute atomic E-state index is 9.94. The molecule has 2 aliphatic rings. The van der Waals surface area contributed by atoms with Gasteiger partial charge in [-0.2, -0.15) is 10.5 Å². The number of halogens is 3. The van der Waals surface area contributed by atoms with E-state index in [1.165, 1.54) is 30.3 Å². The fourth-order valence-electron chi connectivity index (χ4n) is 5.06. The number of hydrogen-bond donors (Lipinski definition) is 0. The van der Waals surface area contributed by atoms with Crippen LogP contribution in [0.15, 0.2) is 106 Å². The van der Waals surface area contributed by atoms with Crippen molar-refractivity contribution in [2.24, 2.45) is 5.41 Å². The van der Waals surface area contributed by atoms with E-state index in [1.54, 1.807) is 0 Å². The molecule has 1 aromatic carbocycles. The Kier molecular flexibility index (Phi) is 11.2. The minimum atomic E-state index is -5.23. The number of nitrogens with zero attached hydrogens (tertiary/aromatic N) is 3. The van der Waals surface area contributed by atoms with Crippen LogP contribution in [0.2, 0.25) is 0 Å². The zero-order chi connectivity index (χ0) is 31.9. The van der Waals surface area contributed by atoms with Crippen LogP contribution in [-0.4, -0.2) is 0 Å². The number of fused-ring (bicyclic) bond motifs is 1. The van der Waals surface area contributed by atoms with Crippen molar-refractivity contribution in [3.63, 3.8) is 0 Å². The fraction of sp³-hybridized carbons (Fsp3) is 0.176. The van der Waals surface area contributed by atoms with Crippen LogP contribution in [0, 0.1) is 80.5 Å². The summed E-state index contributed by atoms with van der Waals surface area (Å²) in [5, 5.41) is 28.8. The summed E-state index contributed by atoms with van der Waals surface area (Å²) < 4.78 is 38.3. The summed E-state index contributed by atoms with van der Waals surface area (Å²) in [4.78, 5) is 2.60. The molecule has 0 amide bonds. The molecule has 0 atom stereocenters. The van der Waals surface area contributed by atoms with Gasteiger partial charge in [-0.25, -0.2) is 5.26 Å². The van der Waals surface area contributed by atoms with Crippen LogP contribution < -0.4 is 0 Å². The van der Waals surface area contributed by atoms with E-state index in [9.17, 15) is 22.1 Å². The monoisotopic (exact) mass is 851 g/mol. The molecule has 0 unspecified atom stereocenters. The average Bonchev–Trinajstić information content (AvgIpc) is 3.63. The number of rotatable bonds is 5. The van der Waals surface area contributed by atoms with Gasteiger partial charge in [0.05, 0.1) is 12.2 Å². The summed E-state index contributed by atoms with van der Waals surface area (Å²) in [6, 6.07) is 19.8. The molecule has 0 N–H and O–H groups in total. The third-order valence-corrected chi connectivity index (χ3v) is 8.84. The number of hydrogen-bond acceptors (Lipinski definition) is 6. The van der Waals surface area contributed by atoms with Crippen LogP contribution in [0.1, 0.15) is 42.0 Å². The zero-order valence-electron chi connectivity index (χ0n) is 24.1. The summed E-state index contributed by atoms with van der Waals surface area (Å²) >= 11 is -1.57. The van der Waals surface area contributed by atoms with Gasteiger partial charge in [-0.3, -0.25) is 0 Å². The number of nitriles is 3. The molecule has 0 saturated heterocycles. The zero-order valence-corrected chi connectivity index (χ0v) is 29.9. The predicted molar refractivity (Wildman–Crippen MR) is 166 cm³/mol. The van der Waals surface area contributed by atoms with E-state index in [0.717, 1.165) is 18.4 Å². The Morgan fingerprint density at radius 1 is 0.977 bits per heavy atom. The Labute approximate surface area is 276 Å². The van der Waals surface area contributed by atoms with Gasteiger partial charge in [0.25, 0.3) is 0 Å². The van der Waals surface area contributed by atoms with Crippen molar-refractivity contribution < 1.29 is 39.1 Å². The molecule has 5 rings (SSSR count). The van der Waals surface area contributed by atoms with E-state index >= 15 is 0 Å². The van der Waals surface area contributed by atoms with Gasteiger partial charge in [0.1, 0.15) is 17.9 Å². The van der Waals surface area contributed by atoms with Crippen LogP contribution in [-0.2, 0) is 4.74 Å². The van der Waals surface area contributed by atoms with E-state index in [0.29, 0.717) is 11.7 Å². The molecule has 10 heteroatoms. The topological polar surface area (TPSA) is 80.6 Å². The molecule has 3 aromatic rings. The Morgan fingerprint density at radius 3 is 2.30 bits per heavy atom. The Hall–Kier alpha value is -3.70. The van der Waals surface area contributed by atoms with E-state index in [2.05, 4.69) is 63.3 Å². The van der Waals surface area contributed by atoms with Gasteiger partial charge in [-0.1, -0.05) is 67.5 Å². The molecular weight excluding hydrogens is 826 g/mol. The molecule has 0 radical (unpaired) electrons. The van der Waals surface area contributed by atoms with E-state index < -0.39 is 28.1 Å². The van der Waals surface area contributed by atoms with Crippen LogP contribution in [0.4, 0.5) is 6.30 Å². The van der Waals surface area contributed by atoms with Crippen molar-refractivity contribution in [2.45, 2.75) is 33.6 Å². The van der Waals surface area contributed by atoms with E-state index in [-0.39, 0.29) is 22.3 Å². The number of ether oxygens (including phenoxy) is 1. The SMILES string of the molecule is Cc1cc2sc(/C=C/C3=CC(=C/C=C/C4=C(C#N)C(=C(C#N)C#N)O[C-]4c4ccccc4)/CC(C)(C)C3)cc2s1.[F][U]([F])[F]. The standard InChI is InChI=1S/C34H26N3OS2.3FH.U/c1-22-14-30-31(39-22)16-27(40-30)13-12-24-15-23(17-34(2,3)18-24)8-7-11-28-29(21-37)33(26(19-35)20-36)38-32(28)25-9-5-4-6-10-25;;;;/h4-16H,17-18H2,1-3H3;3*1H;/q-1;;;;+3/p-3/b11-7+,13-12+,23-8-;;;;. The summed E-state index contributed by atoms with van der Waals surface area (Å²) in [6.07, 6.45) is 14.9. The van der Waals surface area contributed by atoms with Crippen LogP contribution >= 0.6 is 22.7 Å². The number of benzene rings is 1. The summed E-state index contributed by atoms with van der Waals surface area (Å²) in [6.45, 7) is 6.70. The summed E-state index contributed by atoms with van der Waals surface area (Å²) in [5.74, 6) is 0.00776. The minimum absolute atomic E-state index is 0.00776. The van der Waals surface area contributed by atoms with Gasteiger partial charge < -0.3 is 4.74 Å². The molecular formula is C34H26F3N3OS2U-. The number of allylic oxidation sites excluding steroid dienone is 8. The van der Waals surface area contributed by atoms with Crippen LogP contribution in [0.3, 0.4) is 0 Å². The normalized spacial score (nSPS) is 16.8. The molecule has 1 aliphatic carbocycles. The van der Waals surface area contributed by atoms with Gasteiger partial charge in [0.15, 0.2) is 5.57 Å². The Balaban J connectivity index is 0.00000104. The molecule has 1 aliphatic heterocycles. The average molecular weight is 852 g/mol. The third kappa shape index (κ3) is 8.47. The van der Waals surface area contributed by atoms with Crippen LogP contribution in [0.25, 0.3) is 15.5 Å². The van der Waals surface area contributed by atoms with Gasteiger partial charge in [-0.15, -0.1) is 40.9 Å². The molecule has 3 heterocycles. The van der Waals surface area contributed by atoms with Gasteiger partial charge in [0, 0.05) is 24.7 Å². The molecule has 0 saturated carbocycles. The van der Waals surface area contributed by atoms with Gasteiger partial charge in [0.2, 0.25) is 0 Å². The molecule has 221 valence electrons. The van der Waals surface area contributed by atoms with E-state index in [4.69, 9.17) is 4.74 Å². The van der Waals surface area contributed by atoms with Crippen molar-refractivity contribution in [1.29, 1.82) is 15.8 Å². The Morgan fingerprint density at radius 2 is 1.66 bits per heavy atom. The fourth-order valence-corrected chi connectivity index (χ4v) is 7.29. The maximum atomic E-state index is 9.94. The Bertz CT molecular complexity index is 1810. The van der Waals surface area contributed by atoms with Crippen molar-refractivity contribution in [3.05, 3.63) is 128 Å². The first kappa shape index (κ1) is 33.2. The first-order chi connectivity index (χ1) is 21.0. The van der Waals surface area contributed by atoms with Crippen molar-refractivity contribution in [3.8, 4) is 18.2 Å². The third-order valence-electron chi connectivity index (χ3n) is 6.66. The predicted octanol–water partition coefficient (Wildman–Crippen LogP) is 10.5. The first-order valence-electron chi connectivity index (χ1n) is 13.4. The van der Waals surface area contributed by atoms with Crippen molar-refractivity contribution >= 4 is 38.1 Å². The first-order valence-corrected chi connectivity index (χ1v) is 19.8. The molecule has 4 nitrogen and oxygen atoms in total.